The number of rotatable bonds is 11. The molecule has 10 heteroatoms. The van der Waals surface area contributed by atoms with Crippen LogP contribution in [0.25, 0.3) is 0 Å². The van der Waals surface area contributed by atoms with Crippen molar-refractivity contribution < 1.29 is 18.6 Å². The zero-order valence-corrected chi connectivity index (χ0v) is 19.8. The van der Waals surface area contributed by atoms with Crippen molar-refractivity contribution in [3.05, 3.63) is 17.7 Å². The molecule has 2 rings (SSSR count). The number of aromatic nitrogens is 2. The lowest BCUT2D eigenvalue weighted by Gasteiger charge is -2.20. The topological polar surface area (TPSA) is 92.6 Å². The van der Waals surface area contributed by atoms with E-state index in [0.29, 0.717) is 36.4 Å². The van der Waals surface area contributed by atoms with Crippen LogP contribution in [-0.2, 0) is 14.2 Å². The van der Waals surface area contributed by atoms with Gasteiger partial charge in [0.1, 0.15) is 23.4 Å². The Labute approximate surface area is 186 Å². The van der Waals surface area contributed by atoms with Gasteiger partial charge in [0.05, 0.1) is 18.5 Å². The predicted molar refractivity (Wildman–Crippen MR) is 123 cm³/mol. The van der Waals surface area contributed by atoms with Crippen LogP contribution in [0.2, 0.25) is 0 Å². The number of aliphatic imine (C=N–C) groups is 1. The highest BCUT2D eigenvalue weighted by molar-refractivity contribution is 8.15. The second-order valence-corrected chi connectivity index (χ2v) is 8.56. The third-order valence-corrected chi connectivity index (χ3v) is 5.87. The van der Waals surface area contributed by atoms with Crippen molar-refractivity contribution in [3.8, 4) is 0 Å². The fraction of sp³-hybridized carbons (Fsp3) is 0.750. The highest BCUT2D eigenvalue weighted by Crippen LogP contribution is 2.37. The first-order valence-corrected chi connectivity index (χ1v) is 12.8. The van der Waals surface area contributed by atoms with Crippen LogP contribution in [0.1, 0.15) is 57.2 Å². The molecular weight excluding hydrogens is 427 g/mol. The Bertz CT molecular complexity index is 689. The average molecular weight is 461 g/mol. The normalized spacial score (nSPS) is 24.5. The van der Waals surface area contributed by atoms with Crippen LogP contribution in [0.5, 0.6) is 0 Å². The maximum absolute atomic E-state index is 15.3. The van der Waals surface area contributed by atoms with Crippen LogP contribution < -0.4 is 0 Å². The van der Waals surface area contributed by atoms with E-state index in [0.717, 1.165) is 25.7 Å². The highest BCUT2D eigenvalue weighted by atomic mass is 32.2. The lowest BCUT2D eigenvalue weighted by molar-refractivity contribution is -0.0671. The lowest BCUT2D eigenvalue weighted by atomic mass is 10.1. The van der Waals surface area contributed by atoms with Crippen LogP contribution in [0.3, 0.4) is 0 Å². The molecule has 1 saturated heterocycles. The number of alkyl halides is 1. The Morgan fingerprint density at radius 1 is 1.27 bits per heavy atom. The van der Waals surface area contributed by atoms with Gasteiger partial charge in [0.25, 0.3) is 0 Å². The Hall–Kier alpha value is -0.940. The summed E-state index contributed by atoms with van der Waals surface area (Å²) in [5.41, 5.74) is 0.537. The standard InChI is InChI=1S/C20H33FN4O3S2/c1-5-7-9-26-12-14-17(27-10-8-6-2)15(21)16(28-14)13-11-23-18(24-13)19(29-3)25-20(22)30-4/h11,14-17,22H,5-10,12H2,1-4H3,(H,23,24)/t14-,15+,16?,17-/m1/s1. The Morgan fingerprint density at radius 2 is 2.00 bits per heavy atom. The SMILES string of the molecule is CCCCOC[C@H]1OC(c2cnc(C(=NC(=N)SC)SC)[nH]2)[C@H](F)[C@@H]1OCCCC. The van der Waals surface area contributed by atoms with Gasteiger partial charge in [-0.3, -0.25) is 5.41 Å². The van der Waals surface area contributed by atoms with E-state index in [9.17, 15) is 0 Å². The van der Waals surface area contributed by atoms with Gasteiger partial charge in [-0.1, -0.05) is 38.5 Å². The van der Waals surface area contributed by atoms with E-state index < -0.39 is 24.5 Å². The number of imidazole rings is 1. The number of ether oxygens (including phenoxy) is 3. The van der Waals surface area contributed by atoms with Gasteiger partial charge >= 0.3 is 0 Å². The number of nitrogens with one attached hydrogen (secondary N) is 2. The van der Waals surface area contributed by atoms with Crippen molar-refractivity contribution in [1.29, 1.82) is 5.41 Å². The number of thioether (sulfide) groups is 2. The highest BCUT2D eigenvalue weighted by Gasteiger charge is 2.47. The van der Waals surface area contributed by atoms with Crippen molar-refractivity contribution in [1.82, 2.24) is 9.97 Å². The second kappa shape index (κ2) is 13.5. The van der Waals surface area contributed by atoms with Gasteiger partial charge in [-0.25, -0.2) is 14.4 Å². The van der Waals surface area contributed by atoms with Gasteiger partial charge in [0.15, 0.2) is 17.2 Å². The molecule has 0 aromatic carbocycles. The minimum atomic E-state index is -1.32. The van der Waals surface area contributed by atoms with E-state index in [1.165, 1.54) is 23.5 Å². The van der Waals surface area contributed by atoms with Gasteiger partial charge in [0, 0.05) is 13.2 Å². The number of nitrogens with zero attached hydrogens (tertiary/aromatic N) is 2. The summed E-state index contributed by atoms with van der Waals surface area (Å²) < 4.78 is 32.9. The van der Waals surface area contributed by atoms with Crippen LogP contribution in [0, 0.1) is 5.41 Å². The number of hydrogen-bond acceptors (Lipinski definition) is 7. The van der Waals surface area contributed by atoms with Crippen molar-refractivity contribution in [2.45, 2.75) is 64.0 Å². The minimum Gasteiger partial charge on any atom is -0.379 e. The summed E-state index contributed by atoms with van der Waals surface area (Å²) in [5, 5.41) is 8.52. The van der Waals surface area contributed by atoms with Crippen molar-refractivity contribution in [3.63, 3.8) is 0 Å². The summed E-state index contributed by atoms with van der Waals surface area (Å²) in [4.78, 5) is 11.7. The molecule has 0 bridgehead atoms. The minimum absolute atomic E-state index is 0.187. The van der Waals surface area contributed by atoms with E-state index in [-0.39, 0.29) is 5.17 Å². The number of aromatic amines is 1. The fourth-order valence-corrected chi connectivity index (χ4v) is 3.75. The van der Waals surface area contributed by atoms with Gasteiger partial charge in [-0.05, 0) is 25.4 Å². The molecule has 0 amide bonds. The summed E-state index contributed by atoms with van der Waals surface area (Å²) in [6.45, 7) is 5.60. The molecule has 0 aliphatic carbocycles. The molecule has 4 atom stereocenters. The van der Waals surface area contributed by atoms with E-state index in [2.05, 4.69) is 28.8 Å². The molecule has 0 radical (unpaired) electrons. The molecule has 0 saturated carbocycles. The average Bonchev–Trinajstić information content (AvgIpc) is 3.35. The molecule has 2 N–H and O–H groups in total. The maximum Gasteiger partial charge on any atom is 0.180 e. The summed E-state index contributed by atoms with van der Waals surface area (Å²) in [7, 11) is 0. The molecular formula is C20H33FN4O3S2. The molecule has 30 heavy (non-hydrogen) atoms. The Morgan fingerprint density at radius 3 is 2.67 bits per heavy atom. The third kappa shape index (κ3) is 7.05. The van der Waals surface area contributed by atoms with Crippen LogP contribution in [0.15, 0.2) is 11.2 Å². The molecule has 2 heterocycles. The smallest absolute Gasteiger partial charge is 0.180 e. The third-order valence-electron chi connectivity index (χ3n) is 4.72. The number of hydrogen-bond donors (Lipinski definition) is 2. The van der Waals surface area contributed by atoms with Crippen LogP contribution in [-0.4, -0.2) is 70.9 Å². The van der Waals surface area contributed by atoms with Crippen molar-refractivity contribution in [2.75, 3.05) is 32.3 Å². The molecule has 1 aliphatic heterocycles. The molecule has 1 aliphatic rings. The van der Waals surface area contributed by atoms with Crippen molar-refractivity contribution >= 4 is 33.7 Å². The Balaban J connectivity index is 2.12. The van der Waals surface area contributed by atoms with Crippen molar-refractivity contribution in [2.24, 2.45) is 4.99 Å². The second-order valence-electron chi connectivity index (χ2n) is 6.97. The first-order valence-electron chi connectivity index (χ1n) is 10.3. The summed E-state index contributed by atoms with van der Waals surface area (Å²) >= 11 is 2.62. The largest absolute Gasteiger partial charge is 0.379 e. The maximum atomic E-state index is 15.3. The molecule has 7 nitrogen and oxygen atoms in total. The van der Waals surface area contributed by atoms with E-state index in [1.807, 2.05) is 6.26 Å². The number of unbranched alkanes of at least 4 members (excludes halogenated alkanes) is 2. The predicted octanol–water partition coefficient (Wildman–Crippen LogP) is 4.60. The zero-order valence-electron chi connectivity index (χ0n) is 18.2. The first-order chi connectivity index (χ1) is 14.5. The quantitative estimate of drug-likeness (QED) is 0.285. The van der Waals surface area contributed by atoms with E-state index >= 15 is 4.39 Å². The van der Waals surface area contributed by atoms with Gasteiger partial charge in [-0.15, -0.1) is 11.8 Å². The number of H-pyrrole nitrogens is 1. The molecule has 170 valence electrons. The summed E-state index contributed by atoms with van der Waals surface area (Å²) in [6, 6.07) is 0. The molecule has 0 spiro atoms. The number of halogens is 1. The lowest BCUT2D eigenvalue weighted by Crippen LogP contribution is -2.34. The van der Waals surface area contributed by atoms with Crippen LogP contribution >= 0.6 is 23.5 Å². The molecule has 1 fully saturated rings. The van der Waals surface area contributed by atoms with E-state index in [4.69, 9.17) is 19.6 Å². The molecule has 1 unspecified atom stereocenters. The number of amidine groups is 1. The summed E-state index contributed by atoms with van der Waals surface area (Å²) in [5.74, 6) is 0.498. The monoisotopic (exact) mass is 460 g/mol. The van der Waals surface area contributed by atoms with Gasteiger partial charge < -0.3 is 19.2 Å². The van der Waals surface area contributed by atoms with Crippen LogP contribution in [0.4, 0.5) is 4.39 Å². The summed E-state index contributed by atoms with van der Waals surface area (Å²) in [6.07, 6.45) is 5.82. The van der Waals surface area contributed by atoms with Gasteiger partial charge in [-0.2, -0.15) is 0 Å². The first kappa shape index (κ1) is 25.3. The van der Waals surface area contributed by atoms with Gasteiger partial charge in [0.2, 0.25) is 0 Å². The Kier molecular flexibility index (Phi) is 11.4. The molecule has 1 aromatic heterocycles. The zero-order chi connectivity index (χ0) is 21.9. The van der Waals surface area contributed by atoms with E-state index in [1.54, 1.807) is 12.5 Å². The molecule has 1 aromatic rings. The fourth-order valence-electron chi connectivity index (χ4n) is 3.03.